The molecule has 0 saturated carbocycles. The highest BCUT2D eigenvalue weighted by Crippen LogP contribution is 2.24. The normalized spacial score (nSPS) is 12.4. The average molecular weight is 536 g/mol. The van der Waals surface area contributed by atoms with E-state index in [-0.39, 0.29) is 18.2 Å². The van der Waals surface area contributed by atoms with Gasteiger partial charge < -0.3 is 25.8 Å². The Bertz CT molecular complexity index is 1430. The third-order valence-corrected chi connectivity index (χ3v) is 6.07. The second kappa shape index (κ2) is 11.6. The Labute approximate surface area is 226 Å². The number of amides is 1. The van der Waals surface area contributed by atoms with Crippen molar-refractivity contribution in [2.45, 2.75) is 52.1 Å². The lowest BCUT2D eigenvalue weighted by atomic mass is 10.0. The first-order valence-electron chi connectivity index (χ1n) is 12.7. The van der Waals surface area contributed by atoms with Crippen LogP contribution < -0.4 is 20.7 Å². The van der Waals surface area contributed by atoms with Gasteiger partial charge in [-0.2, -0.15) is 4.98 Å². The number of hydrogen-bond donors (Lipinski definition) is 4. The number of carbonyl (C=O) groups is 1. The molecule has 0 bridgehead atoms. The number of methoxy groups -OCH3 is 1. The van der Waals surface area contributed by atoms with E-state index < -0.39 is 17.7 Å². The molecule has 4 N–H and O–H groups in total. The minimum atomic E-state index is -1.62. The molecule has 1 amide bonds. The van der Waals surface area contributed by atoms with Crippen molar-refractivity contribution in [2.24, 2.45) is 0 Å². The number of nitrogens with one attached hydrogen (secondary N) is 3. The molecule has 0 saturated heterocycles. The maximum Gasteiger partial charge on any atom is 0.255 e. The number of pyridine rings is 1. The Morgan fingerprint density at radius 3 is 2.56 bits per heavy atom. The Morgan fingerprint density at radius 1 is 1.15 bits per heavy atom. The third kappa shape index (κ3) is 6.80. The minimum Gasteiger partial charge on any atom is -0.497 e. The van der Waals surface area contributed by atoms with E-state index in [1.54, 1.807) is 19.4 Å². The molecule has 0 aliphatic rings. The number of halogens is 1. The Hall–Kier alpha value is -4.25. The van der Waals surface area contributed by atoms with Crippen LogP contribution in [0, 0.1) is 0 Å². The van der Waals surface area contributed by atoms with Gasteiger partial charge in [-0.3, -0.25) is 9.36 Å². The number of hydrogen-bond acceptors (Lipinski definition) is 8. The quantitative estimate of drug-likeness (QED) is 0.226. The molecule has 206 valence electrons. The van der Waals surface area contributed by atoms with Gasteiger partial charge in [0.15, 0.2) is 5.65 Å². The van der Waals surface area contributed by atoms with E-state index in [1.807, 2.05) is 54.9 Å². The van der Waals surface area contributed by atoms with Crippen LogP contribution in [0.25, 0.3) is 16.9 Å². The van der Waals surface area contributed by atoms with E-state index in [9.17, 15) is 14.3 Å². The summed E-state index contributed by atoms with van der Waals surface area (Å²) in [6.07, 6.45) is 3.40. The Balaban J connectivity index is 1.58. The highest BCUT2D eigenvalue weighted by molar-refractivity contribution is 5.99. The zero-order chi connectivity index (χ0) is 28.2. The standard InChI is InChI=1S/C28H34FN7O3/c1-17(2)34-22-12-24(30-15-21(22)26(37)31-16-23(29)28(3,4)38)36-11-10-19-14-33-27(35-25(19)36)32-13-18-6-8-20(39-5)9-7-18/h6-12,14-15,17,23,38H,13,16H2,1-5H3,(H,30,34)(H,31,37)(H,32,33,35). The molecular formula is C28H34FN7O3. The smallest absolute Gasteiger partial charge is 0.255 e. The monoisotopic (exact) mass is 535 g/mol. The van der Waals surface area contributed by atoms with Gasteiger partial charge >= 0.3 is 0 Å². The lowest BCUT2D eigenvalue weighted by Gasteiger charge is -2.23. The first-order chi connectivity index (χ1) is 18.5. The van der Waals surface area contributed by atoms with Crippen molar-refractivity contribution in [2.75, 3.05) is 24.3 Å². The molecule has 1 aromatic carbocycles. The molecule has 0 aliphatic carbocycles. The molecule has 4 rings (SSSR count). The van der Waals surface area contributed by atoms with Crippen LogP contribution in [0.5, 0.6) is 5.75 Å². The van der Waals surface area contributed by atoms with Crippen LogP contribution in [0.3, 0.4) is 0 Å². The zero-order valence-corrected chi connectivity index (χ0v) is 22.7. The molecule has 39 heavy (non-hydrogen) atoms. The molecule has 0 spiro atoms. The van der Waals surface area contributed by atoms with Crippen LogP contribution in [0.15, 0.2) is 55.0 Å². The van der Waals surface area contributed by atoms with Gasteiger partial charge in [0.05, 0.1) is 30.5 Å². The molecule has 0 aliphatic heterocycles. The summed E-state index contributed by atoms with van der Waals surface area (Å²) in [6, 6.07) is 11.4. The van der Waals surface area contributed by atoms with Gasteiger partial charge in [0.1, 0.15) is 17.7 Å². The lowest BCUT2D eigenvalue weighted by molar-refractivity contribution is -0.00177. The second-order valence-corrected chi connectivity index (χ2v) is 10.1. The lowest BCUT2D eigenvalue weighted by Crippen LogP contribution is -2.42. The van der Waals surface area contributed by atoms with E-state index >= 15 is 0 Å². The zero-order valence-electron chi connectivity index (χ0n) is 22.7. The number of benzene rings is 1. The number of fused-ring (bicyclic) bond motifs is 1. The first kappa shape index (κ1) is 27.8. The van der Waals surface area contributed by atoms with Crippen LogP contribution in [0.1, 0.15) is 43.6 Å². The van der Waals surface area contributed by atoms with Gasteiger partial charge in [0, 0.05) is 42.6 Å². The van der Waals surface area contributed by atoms with Gasteiger partial charge in [-0.05, 0) is 51.5 Å². The summed E-state index contributed by atoms with van der Waals surface area (Å²) >= 11 is 0. The number of carbonyl (C=O) groups excluding carboxylic acids is 1. The fraction of sp³-hybridized carbons (Fsp3) is 0.357. The SMILES string of the molecule is COc1ccc(CNc2ncc3ccn(-c4cc(NC(C)C)c(C(=O)NCC(F)C(C)(C)O)cn4)c3n2)cc1. The number of aliphatic hydroxyl groups is 1. The number of nitrogens with zero attached hydrogens (tertiary/aromatic N) is 4. The van der Waals surface area contributed by atoms with Gasteiger partial charge in [-0.15, -0.1) is 0 Å². The Kier molecular flexibility index (Phi) is 8.29. The van der Waals surface area contributed by atoms with Gasteiger partial charge in [0.2, 0.25) is 5.95 Å². The second-order valence-electron chi connectivity index (χ2n) is 10.1. The topological polar surface area (TPSA) is 126 Å². The largest absolute Gasteiger partial charge is 0.497 e. The van der Waals surface area contributed by atoms with Crippen molar-refractivity contribution >= 4 is 28.6 Å². The van der Waals surface area contributed by atoms with E-state index in [2.05, 4.69) is 25.9 Å². The van der Waals surface area contributed by atoms with Crippen LogP contribution in [-0.2, 0) is 6.54 Å². The van der Waals surface area contributed by atoms with Crippen molar-refractivity contribution in [3.8, 4) is 11.6 Å². The van der Waals surface area contributed by atoms with Crippen LogP contribution >= 0.6 is 0 Å². The van der Waals surface area contributed by atoms with Gasteiger partial charge in [-0.25, -0.2) is 14.4 Å². The summed E-state index contributed by atoms with van der Waals surface area (Å²) < 4.78 is 21.2. The van der Waals surface area contributed by atoms with Crippen molar-refractivity contribution < 1.29 is 19.0 Å². The molecular weight excluding hydrogens is 501 g/mol. The number of rotatable bonds is 11. The summed E-state index contributed by atoms with van der Waals surface area (Å²) in [4.78, 5) is 26.5. The number of anilines is 2. The summed E-state index contributed by atoms with van der Waals surface area (Å²) in [5.74, 6) is 1.30. The van der Waals surface area contributed by atoms with Gasteiger partial charge in [-0.1, -0.05) is 12.1 Å². The highest BCUT2D eigenvalue weighted by atomic mass is 19.1. The maximum absolute atomic E-state index is 14.2. The molecule has 3 aromatic heterocycles. The molecule has 10 nitrogen and oxygen atoms in total. The van der Waals surface area contributed by atoms with Crippen molar-refractivity contribution in [1.29, 1.82) is 0 Å². The van der Waals surface area contributed by atoms with Crippen molar-refractivity contribution in [1.82, 2.24) is 24.8 Å². The maximum atomic E-state index is 14.2. The van der Waals surface area contributed by atoms with Crippen molar-refractivity contribution in [3.05, 3.63) is 66.1 Å². The van der Waals surface area contributed by atoms with E-state index in [4.69, 9.17) is 9.72 Å². The molecule has 3 heterocycles. The molecule has 1 atom stereocenters. The number of ether oxygens (including phenoxy) is 1. The fourth-order valence-corrected chi connectivity index (χ4v) is 3.83. The van der Waals surface area contributed by atoms with E-state index in [0.717, 1.165) is 16.7 Å². The Morgan fingerprint density at radius 2 is 1.90 bits per heavy atom. The summed E-state index contributed by atoms with van der Waals surface area (Å²) in [6.45, 7) is 6.83. The molecule has 11 heteroatoms. The highest BCUT2D eigenvalue weighted by Gasteiger charge is 2.27. The van der Waals surface area contributed by atoms with Crippen LogP contribution in [0.4, 0.5) is 16.0 Å². The minimum absolute atomic E-state index is 0.0228. The first-order valence-corrected chi connectivity index (χ1v) is 12.7. The van der Waals surface area contributed by atoms with Gasteiger partial charge in [0.25, 0.3) is 5.91 Å². The summed E-state index contributed by atoms with van der Waals surface area (Å²) in [7, 11) is 1.63. The van der Waals surface area contributed by atoms with E-state index in [1.165, 1.54) is 20.0 Å². The fourth-order valence-electron chi connectivity index (χ4n) is 3.83. The molecule has 0 fully saturated rings. The molecule has 4 aromatic rings. The molecule has 0 radical (unpaired) electrons. The summed E-state index contributed by atoms with van der Waals surface area (Å²) in [5, 5.41) is 19.7. The van der Waals surface area contributed by atoms with Crippen LogP contribution in [0.2, 0.25) is 0 Å². The third-order valence-electron chi connectivity index (χ3n) is 6.07. The van der Waals surface area contributed by atoms with E-state index in [0.29, 0.717) is 29.6 Å². The molecule has 1 unspecified atom stereocenters. The summed E-state index contributed by atoms with van der Waals surface area (Å²) in [5.41, 5.74) is 0.946. The average Bonchev–Trinajstić information content (AvgIpc) is 3.33. The van der Waals surface area contributed by atoms with Crippen molar-refractivity contribution in [3.63, 3.8) is 0 Å². The predicted molar refractivity (Wildman–Crippen MR) is 149 cm³/mol. The number of aromatic nitrogens is 4. The predicted octanol–water partition coefficient (Wildman–Crippen LogP) is 4.10. The number of alkyl halides is 1. The van der Waals surface area contributed by atoms with Crippen LogP contribution in [-0.4, -0.2) is 62.0 Å².